The molecule has 1 unspecified atom stereocenters. The zero-order valence-corrected chi connectivity index (χ0v) is 19.3. The van der Waals surface area contributed by atoms with Gasteiger partial charge in [-0.2, -0.15) is 0 Å². The maximum Gasteiger partial charge on any atom is 0.242 e. The molecule has 1 aliphatic carbocycles. The van der Waals surface area contributed by atoms with Gasteiger partial charge in [-0.05, 0) is 43.9 Å². The van der Waals surface area contributed by atoms with Crippen molar-refractivity contribution in [1.29, 1.82) is 0 Å². The molecule has 32 heavy (non-hydrogen) atoms. The SMILES string of the molecule is CCCNC(=O)C(C)N(Cc1cccc(Cl)c1)C(=O)CCN1C(=O)[C@H]2CC=CC[C@H]2C1=O. The van der Waals surface area contributed by atoms with Crippen molar-refractivity contribution >= 4 is 35.2 Å². The molecule has 0 saturated carbocycles. The number of hydrogen-bond acceptors (Lipinski definition) is 4. The lowest BCUT2D eigenvalue weighted by atomic mass is 9.85. The van der Waals surface area contributed by atoms with E-state index in [1.54, 1.807) is 25.1 Å². The van der Waals surface area contributed by atoms with Crippen LogP contribution in [-0.4, -0.2) is 52.6 Å². The van der Waals surface area contributed by atoms with E-state index in [9.17, 15) is 19.2 Å². The average molecular weight is 460 g/mol. The van der Waals surface area contributed by atoms with E-state index in [1.807, 2.05) is 25.1 Å². The first-order valence-corrected chi connectivity index (χ1v) is 11.5. The smallest absolute Gasteiger partial charge is 0.242 e. The quantitative estimate of drug-likeness (QED) is 0.454. The van der Waals surface area contributed by atoms with Gasteiger partial charge in [0, 0.05) is 31.1 Å². The van der Waals surface area contributed by atoms with E-state index in [0.717, 1.165) is 12.0 Å². The summed E-state index contributed by atoms with van der Waals surface area (Å²) >= 11 is 6.09. The molecule has 4 amide bonds. The largest absolute Gasteiger partial charge is 0.354 e. The first-order chi connectivity index (χ1) is 15.3. The number of allylic oxidation sites excluding steroid dienone is 2. The predicted octanol–water partition coefficient (Wildman–Crippen LogP) is 2.92. The van der Waals surface area contributed by atoms with E-state index in [-0.39, 0.29) is 55.0 Å². The van der Waals surface area contributed by atoms with Crippen molar-refractivity contribution in [1.82, 2.24) is 15.1 Å². The molecule has 0 spiro atoms. The van der Waals surface area contributed by atoms with E-state index in [2.05, 4.69) is 5.32 Å². The van der Waals surface area contributed by atoms with Gasteiger partial charge in [-0.3, -0.25) is 24.1 Å². The predicted molar refractivity (Wildman–Crippen MR) is 121 cm³/mol. The van der Waals surface area contributed by atoms with Gasteiger partial charge in [-0.15, -0.1) is 0 Å². The lowest BCUT2D eigenvalue weighted by Gasteiger charge is -2.29. The number of nitrogens with zero attached hydrogens (tertiary/aromatic N) is 2. The molecule has 0 bridgehead atoms. The third kappa shape index (κ3) is 5.38. The number of imide groups is 1. The monoisotopic (exact) mass is 459 g/mol. The van der Waals surface area contributed by atoms with Crippen LogP contribution in [0.2, 0.25) is 5.02 Å². The summed E-state index contributed by atoms with van der Waals surface area (Å²) in [6, 6.07) is 6.43. The van der Waals surface area contributed by atoms with Gasteiger partial charge < -0.3 is 10.2 Å². The first-order valence-electron chi connectivity index (χ1n) is 11.1. The maximum absolute atomic E-state index is 13.2. The number of hydrogen-bond donors (Lipinski definition) is 1. The standard InChI is InChI=1S/C24H30ClN3O4/c1-3-12-26-22(30)16(2)28(15-17-7-6-8-18(25)14-17)21(29)11-13-27-23(31)19-9-4-5-10-20(19)24(27)32/h4-8,14,16,19-20H,3,9-13,15H2,1-2H3,(H,26,30)/t16?,19-,20+. The van der Waals surface area contributed by atoms with Gasteiger partial charge in [-0.1, -0.05) is 42.8 Å². The molecule has 1 aliphatic heterocycles. The van der Waals surface area contributed by atoms with Crippen molar-refractivity contribution in [2.45, 2.75) is 52.1 Å². The van der Waals surface area contributed by atoms with E-state index < -0.39 is 6.04 Å². The molecule has 2 aliphatic rings. The maximum atomic E-state index is 13.2. The minimum Gasteiger partial charge on any atom is -0.354 e. The molecule has 1 N–H and O–H groups in total. The van der Waals surface area contributed by atoms with Crippen LogP contribution in [0.1, 0.15) is 45.1 Å². The fourth-order valence-corrected chi connectivity index (χ4v) is 4.46. The van der Waals surface area contributed by atoms with Crippen molar-refractivity contribution in [2.24, 2.45) is 11.8 Å². The molecule has 1 fully saturated rings. The minimum absolute atomic E-state index is 0.0266. The summed E-state index contributed by atoms with van der Waals surface area (Å²) in [5, 5.41) is 3.37. The average Bonchev–Trinajstić information content (AvgIpc) is 3.03. The molecule has 3 rings (SSSR count). The van der Waals surface area contributed by atoms with Crippen molar-refractivity contribution in [3.05, 3.63) is 47.0 Å². The molecule has 172 valence electrons. The van der Waals surface area contributed by atoms with Gasteiger partial charge in [0.2, 0.25) is 23.6 Å². The Kier molecular flexibility index (Phi) is 8.07. The highest BCUT2D eigenvalue weighted by Gasteiger charge is 2.47. The van der Waals surface area contributed by atoms with Crippen LogP contribution in [0.4, 0.5) is 0 Å². The van der Waals surface area contributed by atoms with E-state index in [1.165, 1.54) is 9.80 Å². The number of carbonyl (C=O) groups is 4. The van der Waals surface area contributed by atoms with Crippen LogP contribution in [0.25, 0.3) is 0 Å². The van der Waals surface area contributed by atoms with Gasteiger partial charge >= 0.3 is 0 Å². The Morgan fingerprint density at radius 2 is 1.84 bits per heavy atom. The number of carbonyl (C=O) groups excluding carboxylic acids is 4. The summed E-state index contributed by atoms with van der Waals surface area (Å²) in [6.45, 7) is 4.39. The number of amides is 4. The normalized spacial score (nSPS) is 20.8. The van der Waals surface area contributed by atoms with Crippen LogP contribution in [-0.2, 0) is 25.7 Å². The third-order valence-electron chi connectivity index (χ3n) is 6.11. The van der Waals surface area contributed by atoms with Crippen LogP contribution < -0.4 is 5.32 Å². The minimum atomic E-state index is -0.704. The molecule has 1 aromatic carbocycles. The molecule has 1 saturated heterocycles. The number of likely N-dealkylation sites (tertiary alicyclic amines) is 1. The Morgan fingerprint density at radius 1 is 1.19 bits per heavy atom. The highest BCUT2D eigenvalue weighted by molar-refractivity contribution is 6.30. The number of halogens is 1. The summed E-state index contributed by atoms with van der Waals surface area (Å²) in [5.41, 5.74) is 0.798. The molecule has 1 heterocycles. The molecular weight excluding hydrogens is 430 g/mol. The fourth-order valence-electron chi connectivity index (χ4n) is 4.25. The molecule has 3 atom stereocenters. The number of fused-ring (bicyclic) bond motifs is 1. The topological polar surface area (TPSA) is 86.8 Å². The summed E-state index contributed by atoms with van der Waals surface area (Å²) < 4.78 is 0. The molecule has 0 aromatic heterocycles. The van der Waals surface area contributed by atoms with Crippen LogP contribution >= 0.6 is 11.6 Å². The Labute approximate surface area is 193 Å². The molecule has 1 aromatic rings. The first kappa shape index (κ1) is 24.0. The van der Waals surface area contributed by atoms with Crippen molar-refractivity contribution in [2.75, 3.05) is 13.1 Å². The molecule has 0 radical (unpaired) electrons. The Bertz CT molecular complexity index is 890. The van der Waals surface area contributed by atoms with Gasteiger partial charge in [0.05, 0.1) is 11.8 Å². The number of nitrogens with one attached hydrogen (secondary N) is 1. The summed E-state index contributed by atoms with van der Waals surface area (Å²) in [6.07, 6.45) is 5.76. The van der Waals surface area contributed by atoms with Crippen molar-refractivity contribution < 1.29 is 19.2 Å². The van der Waals surface area contributed by atoms with Gasteiger partial charge in [-0.25, -0.2) is 0 Å². The zero-order valence-electron chi connectivity index (χ0n) is 18.6. The van der Waals surface area contributed by atoms with Gasteiger partial charge in [0.1, 0.15) is 6.04 Å². The Balaban J connectivity index is 1.70. The van der Waals surface area contributed by atoms with Crippen molar-refractivity contribution in [3.8, 4) is 0 Å². The third-order valence-corrected chi connectivity index (χ3v) is 6.34. The Morgan fingerprint density at radius 3 is 2.44 bits per heavy atom. The second-order valence-corrected chi connectivity index (χ2v) is 8.79. The second kappa shape index (κ2) is 10.8. The number of benzene rings is 1. The van der Waals surface area contributed by atoms with Gasteiger partial charge in [0.15, 0.2) is 0 Å². The van der Waals surface area contributed by atoms with Crippen LogP contribution in [0.15, 0.2) is 36.4 Å². The number of rotatable bonds is 9. The zero-order chi connectivity index (χ0) is 23.3. The van der Waals surface area contributed by atoms with E-state index in [4.69, 9.17) is 11.6 Å². The lowest BCUT2D eigenvalue weighted by Crippen LogP contribution is -2.48. The molecular formula is C24H30ClN3O4. The van der Waals surface area contributed by atoms with E-state index in [0.29, 0.717) is 24.4 Å². The molecule has 7 nitrogen and oxygen atoms in total. The van der Waals surface area contributed by atoms with Crippen molar-refractivity contribution in [3.63, 3.8) is 0 Å². The highest BCUT2D eigenvalue weighted by atomic mass is 35.5. The summed E-state index contributed by atoms with van der Waals surface area (Å²) in [4.78, 5) is 53.9. The van der Waals surface area contributed by atoms with Crippen LogP contribution in [0, 0.1) is 11.8 Å². The van der Waals surface area contributed by atoms with Gasteiger partial charge in [0.25, 0.3) is 0 Å². The second-order valence-electron chi connectivity index (χ2n) is 8.35. The van der Waals surface area contributed by atoms with E-state index >= 15 is 0 Å². The summed E-state index contributed by atoms with van der Waals surface area (Å²) in [7, 11) is 0. The summed E-state index contributed by atoms with van der Waals surface area (Å²) in [5.74, 6) is -1.57. The highest BCUT2D eigenvalue weighted by Crippen LogP contribution is 2.35. The van der Waals surface area contributed by atoms with Crippen LogP contribution in [0.3, 0.4) is 0 Å². The fraction of sp³-hybridized carbons (Fsp3) is 0.500. The molecule has 8 heteroatoms. The Hall–Kier alpha value is -2.67. The lowest BCUT2D eigenvalue weighted by molar-refractivity contribution is -0.143. The van der Waals surface area contributed by atoms with Crippen LogP contribution in [0.5, 0.6) is 0 Å².